The highest BCUT2D eigenvalue weighted by Crippen LogP contribution is 2.47. The molecule has 0 aliphatic carbocycles. The van der Waals surface area contributed by atoms with Gasteiger partial charge in [-0.1, -0.05) is 66.7 Å². The first-order valence-corrected chi connectivity index (χ1v) is 9.50. The fraction of sp³-hybridized carbons (Fsp3) is 1.00. The van der Waals surface area contributed by atoms with Crippen LogP contribution in [0.2, 0.25) is 11.1 Å². The van der Waals surface area contributed by atoms with Gasteiger partial charge in [-0.15, -0.1) is 0 Å². The van der Waals surface area contributed by atoms with Crippen LogP contribution in [0.1, 0.15) is 66.7 Å². The second kappa shape index (κ2) is 8.34. The first-order chi connectivity index (χ1) is 8.38. The molecule has 0 unspecified atom stereocenters. The van der Waals surface area contributed by atoms with Crippen molar-refractivity contribution < 1.29 is 8.85 Å². The van der Waals surface area contributed by atoms with E-state index in [1.54, 1.807) is 0 Å². The molecule has 0 atom stereocenters. The molecular weight excluding hydrogens is 240 g/mol. The largest absolute Gasteiger partial charge is 0.397 e. The lowest BCUT2D eigenvalue weighted by Gasteiger charge is -2.44. The topological polar surface area (TPSA) is 18.5 Å². The van der Waals surface area contributed by atoms with Gasteiger partial charge in [-0.05, 0) is 12.0 Å². The molecule has 0 aromatic rings. The fourth-order valence-electron chi connectivity index (χ4n) is 2.54. The third kappa shape index (κ3) is 4.36. The van der Waals surface area contributed by atoms with Gasteiger partial charge in [0.15, 0.2) is 0 Å². The fourth-order valence-corrected chi connectivity index (χ4v) is 6.40. The van der Waals surface area contributed by atoms with E-state index in [1.165, 1.54) is 32.1 Å². The van der Waals surface area contributed by atoms with Gasteiger partial charge in [0, 0.05) is 19.3 Å². The molecule has 0 rings (SSSR count). The maximum atomic E-state index is 5.94. The Morgan fingerprint density at radius 3 is 1.83 bits per heavy atom. The summed E-state index contributed by atoms with van der Waals surface area (Å²) in [5.74, 6) is 0.583. The van der Waals surface area contributed by atoms with Crippen LogP contribution >= 0.6 is 0 Å². The first kappa shape index (κ1) is 18.1. The predicted molar refractivity (Wildman–Crippen MR) is 82.2 cm³/mol. The minimum atomic E-state index is -2.09. The van der Waals surface area contributed by atoms with Crippen LogP contribution in [0.25, 0.3) is 0 Å². The van der Waals surface area contributed by atoms with Crippen molar-refractivity contribution in [2.45, 2.75) is 77.8 Å². The molecule has 0 aromatic carbocycles. The van der Waals surface area contributed by atoms with Crippen LogP contribution in [0, 0.1) is 5.92 Å². The maximum absolute atomic E-state index is 5.94. The Balaban J connectivity index is 4.53. The predicted octanol–water partition coefficient (Wildman–Crippen LogP) is 5.13. The summed E-state index contributed by atoms with van der Waals surface area (Å²) in [7, 11) is 1.58. The lowest BCUT2D eigenvalue weighted by Crippen LogP contribution is -2.52. The highest BCUT2D eigenvalue weighted by atomic mass is 28.4. The number of rotatable bonds is 10. The summed E-state index contributed by atoms with van der Waals surface area (Å²) in [4.78, 5) is 0. The average Bonchev–Trinajstić information content (AvgIpc) is 2.34. The zero-order valence-electron chi connectivity index (χ0n) is 13.6. The molecule has 0 aromatic heterocycles. The normalized spacial score (nSPS) is 13.3. The van der Waals surface area contributed by atoms with Crippen LogP contribution in [0.5, 0.6) is 0 Å². The van der Waals surface area contributed by atoms with Gasteiger partial charge in [-0.2, -0.15) is 0 Å². The molecule has 2 nitrogen and oxygen atoms in total. The Morgan fingerprint density at radius 1 is 0.944 bits per heavy atom. The van der Waals surface area contributed by atoms with Crippen LogP contribution in [0.3, 0.4) is 0 Å². The summed E-state index contributed by atoms with van der Waals surface area (Å²) >= 11 is 0. The van der Waals surface area contributed by atoms with Crippen molar-refractivity contribution in [2.75, 3.05) is 14.2 Å². The maximum Gasteiger partial charge on any atom is 0.343 e. The molecule has 0 aliphatic heterocycles. The van der Waals surface area contributed by atoms with Crippen LogP contribution in [0.15, 0.2) is 0 Å². The molecule has 3 heteroatoms. The van der Waals surface area contributed by atoms with Gasteiger partial charge in [-0.25, -0.2) is 0 Å². The van der Waals surface area contributed by atoms with E-state index < -0.39 is 8.56 Å². The van der Waals surface area contributed by atoms with E-state index in [4.69, 9.17) is 8.85 Å². The third-order valence-electron chi connectivity index (χ3n) is 4.69. The molecule has 0 saturated heterocycles. The van der Waals surface area contributed by atoms with Crippen molar-refractivity contribution in [1.82, 2.24) is 0 Å². The molecule has 0 N–H and O–H groups in total. The van der Waals surface area contributed by atoms with E-state index in [9.17, 15) is 0 Å². The van der Waals surface area contributed by atoms with Crippen molar-refractivity contribution >= 4 is 8.56 Å². The molecule has 0 radical (unpaired) electrons. The third-order valence-corrected chi connectivity index (χ3v) is 9.57. The molecule has 0 fully saturated rings. The molecular formula is C15H34O2Si. The smallest absolute Gasteiger partial charge is 0.343 e. The van der Waals surface area contributed by atoms with Crippen LogP contribution in [-0.4, -0.2) is 22.8 Å². The van der Waals surface area contributed by atoms with Crippen LogP contribution in [-0.2, 0) is 8.85 Å². The van der Waals surface area contributed by atoms with Gasteiger partial charge >= 0.3 is 8.56 Å². The monoisotopic (exact) mass is 274 g/mol. The number of hydrogen-bond acceptors (Lipinski definition) is 2. The van der Waals surface area contributed by atoms with Gasteiger partial charge in [0.1, 0.15) is 0 Å². The zero-order valence-corrected chi connectivity index (χ0v) is 14.6. The summed E-state index contributed by atoms with van der Waals surface area (Å²) < 4.78 is 11.9. The number of unbranched alkanes of at least 4 members (excludes halogenated alkanes) is 4. The van der Waals surface area contributed by atoms with Gasteiger partial charge in [-0.3, -0.25) is 0 Å². The standard InChI is InChI=1S/C15H34O2Si/c1-8-9-10-11-12-13-18(16-6,17-7)15(4,5)14(2)3/h14H,8-13H2,1-7H3. The molecule has 0 aliphatic rings. The van der Waals surface area contributed by atoms with E-state index >= 15 is 0 Å². The Kier molecular flexibility index (Phi) is 8.40. The second-order valence-electron chi connectivity index (χ2n) is 6.20. The minimum absolute atomic E-state index is 0.154. The summed E-state index contributed by atoms with van der Waals surface area (Å²) in [6, 6.07) is 1.12. The van der Waals surface area contributed by atoms with E-state index in [0.29, 0.717) is 5.92 Å². The highest BCUT2D eigenvalue weighted by molar-refractivity contribution is 6.70. The summed E-state index contributed by atoms with van der Waals surface area (Å²) in [5, 5.41) is 0.154. The van der Waals surface area contributed by atoms with Crippen molar-refractivity contribution in [2.24, 2.45) is 5.92 Å². The highest BCUT2D eigenvalue weighted by Gasteiger charge is 2.51. The molecule has 0 heterocycles. The van der Waals surface area contributed by atoms with Gasteiger partial charge in [0.25, 0.3) is 0 Å². The Morgan fingerprint density at radius 2 is 1.44 bits per heavy atom. The van der Waals surface area contributed by atoms with Crippen molar-refractivity contribution in [3.63, 3.8) is 0 Å². The van der Waals surface area contributed by atoms with Gasteiger partial charge in [0.05, 0.1) is 0 Å². The molecule has 110 valence electrons. The zero-order chi connectivity index (χ0) is 14.2. The van der Waals surface area contributed by atoms with Crippen LogP contribution in [0.4, 0.5) is 0 Å². The summed E-state index contributed by atoms with van der Waals surface area (Å²) in [6.45, 7) is 11.4. The molecule has 18 heavy (non-hydrogen) atoms. The Bertz CT molecular complexity index is 211. The summed E-state index contributed by atoms with van der Waals surface area (Å²) in [5.41, 5.74) is 0. The second-order valence-corrected chi connectivity index (χ2v) is 10.3. The average molecular weight is 275 g/mol. The lowest BCUT2D eigenvalue weighted by molar-refractivity contribution is 0.190. The van der Waals surface area contributed by atoms with Gasteiger partial charge in [0.2, 0.25) is 0 Å². The quantitative estimate of drug-likeness (QED) is 0.406. The minimum Gasteiger partial charge on any atom is -0.397 e. The van der Waals surface area contributed by atoms with E-state index in [-0.39, 0.29) is 5.04 Å². The first-order valence-electron chi connectivity index (χ1n) is 7.48. The van der Waals surface area contributed by atoms with E-state index in [2.05, 4.69) is 34.6 Å². The molecule has 0 bridgehead atoms. The molecule has 0 amide bonds. The molecule has 0 saturated carbocycles. The molecule has 0 spiro atoms. The van der Waals surface area contributed by atoms with Crippen molar-refractivity contribution in [1.29, 1.82) is 0 Å². The summed E-state index contributed by atoms with van der Waals surface area (Å²) in [6.07, 6.45) is 6.54. The van der Waals surface area contributed by atoms with E-state index in [1.807, 2.05) is 14.2 Å². The Labute approximate surface area is 116 Å². The van der Waals surface area contributed by atoms with Crippen molar-refractivity contribution in [3.8, 4) is 0 Å². The van der Waals surface area contributed by atoms with Crippen molar-refractivity contribution in [3.05, 3.63) is 0 Å². The SMILES string of the molecule is CCCCCCC[Si](OC)(OC)C(C)(C)C(C)C. The number of hydrogen-bond donors (Lipinski definition) is 0. The van der Waals surface area contributed by atoms with E-state index in [0.717, 1.165) is 6.04 Å². The lowest BCUT2D eigenvalue weighted by atomic mass is 9.99. The van der Waals surface area contributed by atoms with Gasteiger partial charge < -0.3 is 8.85 Å². The van der Waals surface area contributed by atoms with Crippen LogP contribution < -0.4 is 0 Å². The Hall–Kier alpha value is 0.137.